The second-order valence-electron chi connectivity index (χ2n) is 5.95. The first kappa shape index (κ1) is 17.0. The molecular formula is C16H25N3O2. The van der Waals surface area contributed by atoms with E-state index in [-0.39, 0.29) is 17.7 Å². The van der Waals surface area contributed by atoms with Crippen LogP contribution in [0.3, 0.4) is 0 Å². The minimum absolute atomic E-state index is 0.0250. The summed E-state index contributed by atoms with van der Waals surface area (Å²) in [5.41, 5.74) is 6.59. The highest BCUT2D eigenvalue weighted by molar-refractivity contribution is 5.88. The van der Waals surface area contributed by atoms with Gasteiger partial charge in [-0.2, -0.15) is 0 Å². The number of anilines is 1. The first-order valence-corrected chi connectivity index (χ1v) is 7.03. The van der Waals surface area contributed by atoms with E-state index in [2.05, 4.69) is 5.32 Å². The van der Waals surface area contributed by atoms with Crippen molar-refractivity contribution in [2.75, 3.05) is 26.4 Å². The third-order valence-corrected chi connectivity index (χ3v) is 3.76. The molecule has 1 aromatic rings. The minimum Gasteiger partial charge on any atom is -0.399 e. The predicted octanol–water partition coefficient (Wildman–Crippen LogP) is 1.39. The summed E-state index contributed by atoms with van der Waals surface area (Å²) in [4.78, 5) is 25.8. The molecule has 0 saturated heterocycles. The zero-order valence-electron chi connectivity index (χ0n) is 13.4. The number of hydrogen-bond donors (Lipinski definition) is 2. The van der Waals surface area contributed by atoms with E-state index in [0.717, 1.165) is 5.56 Å². The van der Waals surface area contributed by atoms with Crippen LogP contribution in [0.15, 0.2) is 24.3 Å². The van der Waals surface area contributed by atoms with Gasteiger partial charge in [0.15, 0.2) is 0 Å². The van der Waals surface area contributed by atoms with E-state index in [0.29, 0.717) is 12.2 Å². The summed E-state index contributed by atoms with van der Waals surface area (Å²) in [5.74, 6) is -0.339. The largest absolute Gasteiger partial charge is 0.399 e. The van der Waals surface area contributed by atoms with E-state index in [1.165, 1.54) is 0 Å². The van der Waals surface area contributed by atoms with Crippen LogP contribution in [0.1, 0.15) is 26.3 Å². The van der Waals surface area contributed by atoms with E-state index in [4.69, 9.17) is 5.73 Å². The van der Waals surface area contributed by atoms with Crippen molar-refractivity contribution in [2.24, 2.45) is 5.92 Å². The zero-order valence-corrected chi connectivity index (χ0v) is 13.4. The smallest absolute Gasteiger partial charge is 0.232 e. The van der Waals surface area contributed by atoms with Crippen LogP contribution in [0.5, 0.6) is 0 Å². The van der Waals surface area contributed by atoms with Crippen molar-refractivity contribution >= 4 is 17.5 Å². The zero-order chi connectivity index (χ0) is 16.2. The maximum Gasteiger partial charge on any atom is 0.232 e. The summed E-state index contributed by atoms with van der Waals surface area (Å²) in [5, 5.41) is 2.59. The number of rotatable bonds is 5. The molecule has 0 aromatic heterocycles. The normalized spacial score (nSPS) is 12.6. The summed E-state index contributed by atoms with van der Waals surface area (Å²) < 4.78 is 0. The quantitative estimate of drug-likeness (QED) is 0.805. The number of carbonyl (C=O) groups excluding carboxylic acids is 2. The predicted molar refractivity (Wildman–Crippen MR) is 84.7 cm³/mol. The van der Waals surface area contributed by atoms with Crippen LogP contribution in [-0.2, 0) is 15.0 Å². The highest BCUT2D eigenvalue weighted by atomic mass is 16.2. The van der Waals surface area contributed by atoms with Gasteiger partial charge in [0.1, 0.15) is 0 Å². The van der Waals surface area contributed by atoms with Crippen LogP contribution in [-0.4, -0.2) is 37.4 Å². The van der Waals surface area contributed by atoms with E-state index in [1.54, 1.807) is 38.1 Å². The van der Waals surface area contributed by atoms with Crippen molar-refractivity contribution in [2.45, 2.75) is 26.2 Å². The molecule has 0 aliphatic heterocycles. The van der Waals surface area contributed by atoms with Gasteiger partial charge >= 0.3 is 0 Å². The van der Waals surface area contributed by atoms with Gasteiger partial charge in [0.05, 0.1) is 11.3 Å². The Balaban J connectivity index is 2.85. The Labute approximate surface area is 126 Å². The molecule has 0 saturated carbocycles. The van der Waals surface area contributed by atoms with Gasteiger partial charge in [-0.3, -0.25) is 9.59 Å². The average Bonchev–Trinajstić information content (AvgIpc) is 2.45. The number of nitrogens with zero attached hydrogens (tertiary/aromatic N) is 1. The van der Waals surface area contributed by atoms with E-state index in [9.17, 15) is 9.59 Å². The summed E-state index contributed by atoms with van der Waals surface area (Å²) in [7, 11) is 3.32. The van der Waals surface area contributed by atoms with Crippen molar-refractivity contribution in [3.05, 3.63) is 29.8 Å². The average molecular weight is 291 g/mol. The molecule has 21 heavy (non-hydrogen) atoms. The number of nitrogen functional groups attached to an aromatic ring is 1. The van der Waals surface area contributed by atoms with E-state index < -0.39 is 5.41 Å². The molecule has 0 aliphatic rings. The van der Waals surface area contributed by atoms with E-state index >= 15 is 0 Å². The maximum absolute atomic E-state index is 12.7. The topological polar surface area (TPSA) is 75.4 Å². The molecule has 0 heterocycles. The molecule has 3 N–H and O–H groups in total. The van der Waals surface area contributed by atoms with Gasteiger partial charge in [0.2, 0.25) is 11.8 Å². The summed E-state index contributed by atoms with van der Waals surface area (Å²) >= 11 is 0. The van der Waals surface area contributed by atoms with Gasteiger partial charge < -0.3 is 16.0 Å². The van der Waals surface area contributed by atoms with Crippen molar-refractivity contribution in [3.63, 3.8) is 0 Å². The SMILES string of the molecule is CNC(=O)C(C)CN(C)C(=O)C(C)(C)c1ccc(N)cc1. The second kappa shape index (κ2) is 6.61. The lowest BCUT2D eigenvalue weighted by Crippen LogP contribution is -2.45. The van der Waals surface area contributed by atoms with Crippen LogP contribution in [0.4, 0.5) is 5.69 Å². The molecule has 5 heteroatoms. The summed E-state index contributed by atoms with van der Waals surface area (Å²) in [6.07, 6.45) is 0. The van der Waals surface area contributed by atoms with Crippen LogP contribution >= 0.6 is 0 Å². The number of nitrogens with two attached hydrogens (primary N) is 1. The molecule has 0 bridgehead atoms. The monoisotopic (exact) mass is 291 g/mol. The van der Waals surface area contributed by atoms with Crippen molar-refractivity contribution in [1.82, 2.24) is 10.2 Å². The number of amides is 2. The lowest BCUT2D eigenvalue weighted by atomic mass is 9.83. The van der Waals surface area contributed by atoms with Gasteiger partial charge in [-0.15, -0.1) is 0 Å². The molecule has 1 unspecified atom stereocenters. The molecule has 0 aliphatic carbocycles. The number of carbonyl (C=O) groups is 2. The lowest BCUT2D eigenvalue weighted by molar-refractivity contribution is -0.136. The summed E-state index contributed by atoms with van der Waals surface area (Å²) in [6.45, 7) is 5.94. The Kier molecular flexibility index (Phi) is 5.35. The molecular weight excluding hydrogens is 266 g/mol. The molecule has 1 aromatic carbocycles. The Hall–Kier alpha value is -2.04. The summed E-state index contributed by atoms with van der Waals surface area (Å²) in [6, 6.07) is 7.31. The van der Waals surface area contributed by atoms with Crippen LogP contribution < -0.4 is 11.1 Å². The lowest BCUT2D eigenvalue weighted by Gasteiger charge is -2.31. The fourth-order valence-corrected chi connectivity index (χ4v) is 2.32. The number of hydrogen-bond acceptors (Lipinski definition) is 3. The van der Waals surface area contributed by atoms with Crippen molar-refractivity contribution < 1.29 is 9.59 Å². The van der Waals surface area contributed by atoms with Gasteiger partial charge in [0, 0.05) is 26.3 Å². The third kappa shape index (κ3) is 3.97. The maximum atomic E-state index is 12.7. The molecule has 0 fully saturated rings. The van der Waals surface area contributed by atoms with Gasteiger partial charge in [-0.25, -0.2) is 0 Å². The number of likely N-dealkylation sites (N-methyl/N-ethyl adjacent to an activating group) is 1. The van der Waals surface area contributed by atoms with Crippen molar-refractivity contribution in [3.8, 4) is 0 Å². The highest BCUT2D eigenvalue weighted by Crippen LogP contribution is 2.26. The number of benzene rings is 1. The van der Waals surface area contributed by atoms with Gasteiger partial charge in [-0.1, -0.05) is 19.1 Å². The van der Waals surface area contributed by atoms with Gasteiger partial charge in [0.25, 0.3) is 0 Å². The third-order valence-electron chi connectivity index (χ3n) is 3.76. The Morgan fingerprint density at radius 3 is 2.29 bits per heavy atom. The fraction of sp³-hybridized carbons (Fsp3) is 0.500. The first-order chi connectivity index (χ1) is 9.70. The molecule has 1 rings (SSSR count). The second-order valence-corrected chi connectivity index (χ2v) is 5.95. The minimum atomic E-state index is -0.662. The van der Waals surface area contributed by atoms with Crippen LogP contribution in [0, 0.1) is 5.92 Å². The molecule has 0 spiro atoms. The van der Waals surface area contributed by atoms with E-state index in [1.807, 2.05) is 26.0 Å². The molecule has 1 atom stereocenters. The Bertz CT molecular complexity index is 509. The first-order valence-electron chi connectivity index (χ1n) is 7.03. The van der Waals surface area contributed by atoms with Crippen molar-refractivity contribution in [1.29, 1.82) is 0 Å². The van der Waals surface area contributed by atoms with Crippen LogP contribution in [0.2, 0.25) is 0 Å². The highest BCUT2D eigenvalue weighted by Gasteiger charge is 2.33. The fourth-order valence-electron chi connectivity index (χ4n) is 2.32. The number of nitrogens with one attached hydrogen (secondary N) is 1. The molecule has 2 amide bonds. The standard InChI is InChI=1S/C16H25N3O2/c1-11(14(20)18-4)10-19(5)15(21)16(2,3)12-6-8-13(17)9-7-12/h6-9,11H,10,17H2,1-5H3,(H,18,20). The molecule has 5 nitrogen and oxygen atoms in total. The van der Waals surface area contributed by atoms with Crippen LogP contribution in [0.25, 0.3) is 0 Å². The molecule has 0 radical (unpaired) electrons. The Morgan fingerprint density at radius 1 is 1.29 bits per heavy atom. The van der Waals surface area contributed by atoms with Gasteiger partial charge in [-0.05, 0) is 31.5 Å². The Morgan fingerprint density at radius 2 is 1.81 bits per heavy atom. The molecule has 116 valence electrons.